The van der Waals surface area contributed by atoms with Crippen molar-refractivity contribution in [1.82, 2.24) is 9.97 Å². The number of hydrogen-bond donors (Lipinski definition) is 2. The van der Waals surface area contributed by atoms with Crippen molar-refractivity contribution < 1.29 is 4.74 Å². The number of nitrogens with one attached hydrogen (secondary N) is 1. The fourth-order valence-corrected chi connectivity index (χ4v) is 2.66. The minimum Gasteiger partial charge on any atom is -0.498 e. The number of aryl methyl sites for hydroxylation is 2. The Bertz CT molecular complexity index is 897. The second-order valence-electron chi connectivity index (χ2n) is 5.80. The lowest BCUT2D eigenvalue weighted by Gasteiger charge is -2.22. The maximum Gasteiger partial charge on any atom is 0.263 e. The Morgan fingerprint density at radius 1 is 1.40 bits per heavy atom. The average molecular weight is 335 g/mol. The van der Waals surface area contributed by atoms with E-state index < -0.39 is 0 Å². The molecule has 126 valence electrons. The molecular weight excluding hydrogens is 317 g/mol. The number of rotatable bonds is 3. The predicted molar refractivity (Wildman–Crippen MR) is 100 cm³/mol. The van der Waals surface area contributed by atoms with E-state index in [-0.39, 0.29) is 16.9 Å². The summed E-state index contributed by atoms with van der Waals surface area (Å²) in [5.74, 6) is 0.493. The summed E-state index contributed by atoms with van der Waals surface area (Å²) in [7, 11) is 5.82. The maximum atomic E-state index is 12.4. The summed E-state index contributed by atoms with van der Waals surface area (Å²) in [6, 6.07) is 3.67. The normalized spacial score (nSPS) is 14.1. The van der Waals surface area contributed by atoms with Gasteiger partial charge in [-0.2, -0.15) is 4.98 Å². The number of benzene rings is 1. The van der Waals surface area contributed by atoms with Crippen molar-refractivity contribution in [2.45, 2.75) is 13.8 Å². The van der Waals surface area contributed by atoms with Gasteiger partial charge in [-0.15, -0.1) is 0 Å². The minimum absolute atomic E-state index is 0.119. The summed E-state index contributed by atoms with van der Waals surface area (Å²) >= 11 is 0. The van der Waals surface area contributed by atoms with E-state index in [4.69, 9.17) is 18.3 Å². The van der Waals surface area contributed by atoms with Crippen molar-refractivity contribution in [2.75, 3.05) is 23.8 Å². The molecule has 1 aliphatic rings. The highest BCUT2D eigenvalue weighted by atomic mass is 16.5. The SMILES string of the molecule is [B]c1cc(C)c(N=Cc2c(N)nc(N3C=COCC3)[nH]c2=O)c(C)c1. The van der Waals surface area contributed by atoms with Gasteiger partial charge in [-0.05, 0) is 25.0 Å². The molecule has 3 rings (SSSR count). The predicted octanol–water partition coefficient (Wildman–Crippen LogP) is 0.821. The zero-order chi connectivity index (χ0) is 18.0. The molecule has 7 nitrogen and oxygen atoms in total. The van der Waals surface area contributed by atoms with Crippen LogP contribution in [0.4, 0.5) is 17.5 Å². The first kappa shape index (κ1) is 16.8. The van der Waals surface area contributed by atoms with Crippen LogP contribution in [-0.2, 0) is 4.74 Å². The van der Waals surface area contributed by atoms with Crippen molar-refractivity contribution in [3.05, 3.63) is 51.6 Å². The van der Waals surface area contributed by atoms with Crippen LogP contribution in [0, 0.1) is 13.8 Å². The minimum atomic E-state index is -0.350. The summed E-state index contributed by atoms with van der Waals surface area (Å²) in [5.41, 5.74) is 9.12. The number of hydrogen-bond acceptors (Lipinski definition) is 6. The third kappa shape index (κ3) is 3.57. The fraction of sp³-hybridized carbons (Fsp3) is 0.235. The molecule has 0 bridgehead atoms. The van der Waals surface area contributed by atoms with E-state index >= 15 is 0 Å². The highest BCUT2D eigenvalue weighted by Crippen LogP contribution is 2.22. The van der Waals surface area contributed by atoms with E-state index in [1.165, 1.54) is 6.21 Å². The molecular formula is C17H18BN5O2. The molecule has 25 heavy (non-hydrogen) atoms. The zero-order valence-corrected chi connectivity index (χ0v) is 14.1. The van der Waals surface area contributed by atoms with Crippen molar-refractivity contribution in [3.63, 3.8) is 0 Å². The van der Waals surface area contributed by atoms with E-state index in [0.717, 1.165) is 16.8 Å². The first-order chi connectivity index (χ1) is 12.0. The van der Waals surface area contributed by atoms with Crippen LogP contribution >= 0.6 is 0 Å². The van der Waals surface area contributed by atoms with Crippen molar-refractivity contribution in [1.29, 1.82) is 0 Å². The Balaban J connectivity index is 1.95. The van der Waals surface area contributed by atoms with E-state index in [0.29, 0.717) is 24.6 Å². The number of nitrogens with two attached hydrogens (primary N) is 1. The summed E-state index contributed by atoms with van der Waals surface area (Å²) in [6.07, 6.45) is 4.67. The van der Waals surface area contributed by atoms with Crippen molar-refractivity contribution >= 4 is 37.0 Å². The largest absolute Gasteiger partial charge is 0.498 e. The molecule has 2 radical (unpaired) electrons. The molecule has 0 unspecified atom stereocenters. The lowest BCUT2D eigenvalue weighted by molar-refractivity contribution is 0.245. The molecule has 0 saturated heterocycles. The molecule has 2 aromatic rings. The molecule has 0 fully saturated rings. The lowest BCUT2D eigenvalue weighted by atomic mass is 9.91. The highest BCUT2D eigenvalue weighted by molar-refractivity contribution is 6.32. The second-order valence-corrected chi connectivity index (χ2v) is 5.80. The number of H-pyrrole nitrogens is 1. The van der Waals surface area contributed by atoms with Crippen LogP contribution in [0.2, 0.25) is 0 Å². The quantitative estimate of drug-likeness (QED) is 0.639. The van der Waals surface area contributed by atoms with Gasteiger partial charge in [-0.1, -0.05) is 17.6 Å². The lowest BCUT2D eigenvalue weighted by Crippen LogP contribution is -2.29. The molecule has 0 saturated carbocycles. The smallest absolute Gasteiger partial charge is 0.263 e. The molecule has 1 aromatic carbocycles. The molecule has 0 aliphatic carbocycles. The van der Waals surface area contributed by atoms with Gasteiger partial charge in [-0.3, -0.25) is 14.8 Å². The van der Waals surface area contributed by atoms with Gasteiger partial charge in [0.25, 0.3) is 5.56 Å². The first-order valence-corrected chi connectivity index (χ1v) is 7.81. The molecule has 2 heterocycles. The zero-order valence-electron chi connectivity index (χ0n) is 14.1. The third-order valence-corrected chi connectivity index (χ3v) is 3.87. The number of aromatic nitrogens is 2. The topological polar surface area (TPSA) is 96.6 Å². The standard InChI is InChI=1S/C17H18BN5O2/c1-10-7-12(18)8-11(2)14(10)20-9-13-15(19)21-17(22-16(13)24)23-3-5-25-6-4-23/h3,5,7-9H,4,6H2,1-2H3,(H3,19,21,22,24). The van der Waals surface area contributed by atoms with Crippen molar-refractivity contribution in [3.8, 4) is 0 Å². The molecule has 8 heteroatoms. The summed E-state index contributed by atoms with van der Waals surface area (Å²) in [4.78, 5) is 25.5. The number of aromatic amines is 1. The van der Waals surface area contributed by atoms with Crippen LogP contribution in [0.1, 0.15) is 16.7 Å². The van der Waals surface area contributed by atoms with Crippen LogP contribution in [0.25, 0.3) is 0 Å². The maximum absolute atomic E-state index is 12.4. The van der Waals surface area contributed by atoms with Gasteiger partial charge in [0.15, 0.2) is 0 Å². The van der Waals surface area contributed by atoms with Crippen LogP contribution in [0.5, 0.6) is 0 Å². The molecule has 0 atom stereocenters. The molecule has 0 spiro atoms. The van der Waals surface area contributed by atoms with Crippen LogP contribution in [-0.4, -0.2) is 37.2 Å². The Kier molecular flexibility index (Phi) is 4.60. The van der Waals surface area contributed by atoms with Gasteiger partial charge in [0.2, 0.25) is 5.95 Å². The number of aliphatic imine (C=N–C) groups is 1. The van der Waals surface area contributed by atoms with Crippen LogP contribution in [0.3, 0.4) is 0 Å². The Labute approximate surface area is 146 Å². The Hall–Kier alpha value is -3.03. The first-order valence-electron chi connectivity index (χ1n) is 7.81. The van der Waals surface area contributed by atoms with E-state index in [1.807, 2.05) is 26.0 Å². The number of nitrogen functional groups attached to an aromatic ring is 1. The number of ether oxygens (including phenoxy) is 1. The number of anilines is 2. The van der Waals surface area contributed by atoms with Gasteiger partial charge in [-0.25, -0.2) is 0 Å². The van der Waals surface area contributed by atoms with Crippen LogP contribution < -0.4 is 21.7 Å². The summed E-state index contributed by atoms with van der Waals surface area (Å²) in [6.45, 7) is 4.92. The summed E-state index contributed by atoms with van der Waals surface area (Å²) in [5, 5.41) is 0. The fourth-order valence-electron chi connectivity index (χ4n) is 2.66. The molecule has 1 aliphatic heterocycles. The molecule has 1 aromatic heterocycles. The Morgan fingerprint density at radius 3 is 2.72 bits per heavy atom. The van der Waals surface area contributed by atoms with Gasteiger partial charge in [0, 0.05) is 12.4 Å². The van der Waals surface area contributed by atoms with E-state index in [9.17, 15) is 4.79 Å². The summed E-state index contributed by atoms with van der Waals surface area (Å²) < 4.78 is 5.12. The van der Waals surface area contributed by atoms with Crippen LogP contribution in [0.15, 0.2) is 34.4 Å². The molecule has 0 amide bonds. The number of nitrogens with zero attached hydrogens (tertiary/aromatic N) is 3. The second kappa shape index (κ2) is 6.84. The molecule has 3 N–H and O–H groups in total. The third-order valence-electron chi connectivity index (χ3n) is 3.87. The Morgan fingerprint density at radius 2 is 2.12 bits per heavy atom. The van der Waals surface area contributed by atoms with Gasteiger partial charge in [0.05, 0.1) is 18.5 Å². The highest BCUT2D eigenvalue weighted by Gasteiger charge is 2.13. The van der Waals surface area contributed by atoms with E-state index in [2.05, 4.69) is 15.0 Å². The van der Waals surface area contributed by atoms with Gasteiger partial charge in [0.1, 0.15) is 25.8 Å². The van der Waals surface area contributed by atoms with Gasteiger partial charge >= 0.3 is 0 Å². The monoisotopic (exact) mass is 335 g/mol. The van der Waals surface area contributed by atoms with Gasteiger partial charge < -0.3 is 15.4 Å². The van der Waals surface area contributed by atoms with E-state index in [1.54, 1.807) is 17.4 Å². The van der Waals surface area contributed by atoms with Crippen molar-refractivity contribution in [2.24, 2.45) is 4.99 Å². The average Bonchev–Trinajstić information content (AvgIpc) is 2.56.